The number of amides is 2. The van der Waals surface area contributed by atoms with Crippen LogP contribution in [-0.4, -0.2) is 55.7 Å². The summed E-state index contributed by atoms with van der Waals surface area (Å²) in [6.45, 7) is 3.30. The molecule has 1 aromatic heterocycles. The van der Waals surface area contributed by atoms with Gasteiger partial charge in [0.1, 0.15) is 0 Å². The highest BCUT2D eigenvalue weighted by Crippen LogP contribution is 2.36. The third kappa shape index (κ3) is 4.49. The van der Waals surface area contributed by atoms with E-state index in [4.69, 9.17) is 14.5 Å². The van der Waals surface area contributed by atoms with Crippen molar-refractivity contribution in [2.45, 2.75) is 19.8 Å². The zero-order valence-corrected chi connectivity index (χ0v) is 20.2. The quantitative estimate of drug-likeness (QED) is 0.584. The van der Waals surface area contributed by atoms with Crippen LogP contribution in [0.15, 0.2) is 36.4 Å². The number of hydrogen-bond donors (Lipinski definition) is 1. The molecule has 3 aromatic rings. The number of likely N-dealkylation sites (N-methyl/N-ethyl adjacent to an activating group) is 1. The summed E-state index contributed by atoms with van der Waals surface area (Å²) >= 11 is 1.46. The number of benzene rings is 2. The van der Waals surface area contributed by atoms with Crippen LogP contribution < -0.4 is 19.7 Å². The minimum atomic E-state index is -0.136. The van der Waals surface area contributed by atoms with E-state index in [0.717, 1.165) is 39.4 Å². The first-order valence-electron chi connectivity index (χ1n) is 11.1. The molecule has 5 rings (SSSR count). The highest BCUT2D eigenvalue weighted by Gasteiger charge is 2.25. The molecule has 0 spiro atoms. The topological polar surface area (TPSA) is 84.0 Å². The number of fused-ring (bicyclic) bond motifs is 2. The lowest BCUT2D eigenvalue weighted by molar-refractivity contribution is -0.119. The van der Waals surface area contributed by atoms with Crippen molar-refractivity contribution in [3.8, 4) is 22.8 Å². The summed E-state index contributed by atoms with van der Waals surface area (Å²) in [5.74, 6) is 1.33. The number of hydrogen-bond acceptors (Lipinski definition) is 7. The van der Waals surface area contributed by atoms with Crippen LogP contribution in [0.4, 0.5) is 10.8 Å². The SMILES string of the molecule is Cc1sc(NC(=O)Cc2ccc3c(c2)OCO3)nc1-c1ccc2c(c1)CCN2C(=O)CN(C)C. The van der Waals surface area contributed by atoms with Gasteiger partial charge in [0.25, 0.3) is 0 Å². The zero-order valence-electron chi connectivity index (χ0n) is 19.4. The Morgan fingerprint density at radius 1 is 1.15 bits per heavy atom. The fraction of sp³-hybridized carbons (Fsp3) is 0.320. The van der Waals surface area contributed by atoms with Crippen molar-refractivity contribution < 1.29 is 19.1 Å². The molecule has 0 aliphatic carbocycles. The molecule has 34 heavy (non-hydrogen) atoms. The average Bonchev–Trinajstić information content (AvgIpc) is 3.50. The number of aryl methyl sites for hydroxylation is 1. The molecule has 2 aromatic carbocycles. The number of ether oxygens (including phenoxy) is 2. The van der Waals surface area contributed by atoms with E-state index in [1.54, 1.807) is 0 Å². The van der Waals surface area contributed by atoms with Gasteiger partial charge in [-0.2, -0.15) is 0 Å². The monoisotopic (exact) mass is 478 g/mol. The van der Waals surface area contributed by atoms with Crippen molar-refractivity contribution in [3.05, 3.63) is 52.4 Å². The van der Waals surface area contributed by atoms with E-state index in [9.17, 15) is 9.59 Å². The van der Waals surface area contributed by atoms with Gasteiger partial charge in [0.2, 0.25) is 18.6 Å². The van der Waals surface area contributed by atoms with Gasteiger partial charge in [-0.15, -0.1) is 11.3 Å². The Hall–Kier alpha value is -3.43. The number of carbonyl (C=O) groups excluding carboxylic acids is 2. The average molecular weight is 479 g/mol. The van der Waals surface area contributed by atoms with Gasteiger partial charge < -0.3 is 24.6 Å². The molecule has 0 atom stereocenters. The molecule has 0 radical (unpaired) electrons. The number of carbonyl (C=O) groups is 2. The van der Waals surface area contributed by atoms with E-state index in [1.165, 1.54) is 11.3 Å². The smallest absolute Gasteiger partial charge is 0.241 e. The highest BCUT2D eigenvalue weighted by molar-refractivity contribution is 7.16. The lowest BCUT2D eigenvalue weighted by Crippen LogP contribution is -2.36. The van der Waals surface area contributed by atoms with Crippen molar-refractivity contribution in [1.29, 1.82) is 0 Å². The standard InChI is InChI=1S/C25H26N4O4S/c1-15-24(18-5-6-19-17(12-18)8-9-29(19)23(31)13-28(2)3)27-25(34-15)26-22(30)11-16-4-7-20-21(10-16)33-14-32-20/h4-7,10,12H,8-9,11,13-14H2,1-3H3,(H,26,27,30). The Morgan fingerprint density at radius 3 is 2.79 bits per heavy atom. The van der Waals surface area contributed by atoms with Crippen molar-refractivity contribution in [2.24, 2.45) is 0 Å². The van der Waals surface area contributed by atoms with Crippen LogP contribution in [0, 0.1) is 6.92 Å². The zero-order chi connectivity index (χ0) is 23.8. The van der Waals surface area contributed by atoms with Crippen LogP contribution in [0.1, 0.15) is 16.0 Å². The first-order valence-corrected chi connectivity index (χ1v) is 11.9. The Balaban J connectivity index is 1.28. The summed E-state index contributed by atoms with van der Waals surface area (Å²) in [6.07, 6.45) is 1.05. The van der Waals surface area contributed by atoms with Crippen LogP contribution in [0.25, 0.3) is 11.3 Å². The van der Waals surface area contributed by atoms with Crippen molar-refractivity contribution in [3.63, 3.8) is 0 Å². The summed E-state index contributed by atoms with van der Waals surface area (Å²) in [7, 11) is 3.79. The van der Waals surface area contributed by atoms with Crippen LogP contribution in [-0.2, 0) is 22.4 Å². The fourth-order valence-electron chi connectivity index (χ4n) is 4.28. The van der Waals surface area contributed by atoms with Crippen LogP contribution in [0.2, 0.25) is 0 Å². The lowest BCUT2D eigenvalue weighted by atomic mass is 10.1. The maximum atomic E-state index is 12.6. The molecule has 176 valence electrons. The van der Waals surface area contributed by atoms with Crippen molar-refractivity contribution >= 4 is 34.0 Å². The van der Waals surface area contributed by atoms with E-state index >= 15 is 0 Å². The number of nitrogens with one attached hydrogen (secondary N) is 1. The third-order valence-corrected chi connectivity index (χ3v) is 6.73. The highest BCUT2D eigenvalue weighted by atomic mass is 32.1. The normalized spacial score (nSPS) is 13.9. The van der Waals surface area contributed by atoms with E-state index in [2.05, 4.69) is 11.4 Å². The predicted molar refractivity (Wildman–Crippen MR) is 132 cm³/mol. The number of aromatic nitrogens is 1. The lowest BCUT2D eigenvalue weighted by Gasteiger charge is -2.19. The molecule has 2 aliphatic heterocycles. The Bertz CT molecular complexity index is 1270. The van der Waals surface area contributed by atoms with E-state index in [-0.39, 0.29) is 25.0 Å². The molecule has 0 saturated heterocycles. The summed E-state index contributed by atoms with van der Waals surface area (Å²) < 4.78 is 10.7. The third-order valence-electron chi connectivity index (χ3n) is 5.85. The van der Waals surface area contributed by atoms with Crippen LogP contribution >= 0.6 is 11.3 Å². The molecule has 2 aliphatic rings. The van der Waals surface area contributed by atoms with Crippen molar-refractivity contribution in [2.75, 3.05) is 44.2 Å². The van der Waals surface area contributed by atoms with Gasteiger partial charge in [0.15, 0.2) is 16.6 Å². The number of nitrogens with zero attached hydrogens (tertiary/aromatic N) is 3. The Labute approximate surface area is 202 Å². The second kappa shape index (κ2) is 9.08. The van der Waals surface area contributed by atoms with Gasteiger partial charge in [-0.05, 0) is 62.8 Å². The molecule has 8 nitrogen and oxygen atoms in total. The molecule has 2 amide bonds. The molecule has 0 fully saturated rings. The minimum absolute atomic E-state index is 0.105. The summed E-state index contributed by atoms with van der Waals surface area (Å²) in [4.78, 5) is 34.6. The first-order chi connectivity index (χ1) is 16.4. The van der Waals surface area contributed by atoms with Gasteiger partial charge in [-0.3, -0.25) is 9.59 Å². The van der Waals surface area contributed by atoms with Crippen molar-refractivity contribution in [1.82, 2.24) is 9.88 Å². The molecule has 1 N–H and O–H groups in total. The van der Waals surface area contributed by atoms with Gasteiger partial charge >= 0.3 is 0 Å². The van der Waals surface area contributed by atoms with E-state index in [0.29, 0.717) is 29.7 Å². The summed E-state index contributed by atoms with van der Waals surface area (Å²) in [5.41, 5.74) is 4.81. The largest absolute Gasteiger partial charge is 0.454 e. The van der Waals surface area contributed by atoms with E-state index < -0.39 is 0 Å². The molecule has 0 saturated carbocycles. The number of anilines is 2. The minimum Gasteiger partial charge on any atom is -0.454 e. The Kier molecular flexibility index (Phi) is 5.97. The molecular formula is C25H26N4O4S. The van der Waals surface area contributed by atoms with Gasteiger partial charge in [0.05, 0.1) is 18.7 Å². The van der Waals surface area contributed by atoms with Gasteiger partial charge in [-0.25, -0.2) is 4.98 Å². The number of thiazole rings is 1. The molecule has 3 heterocycles. The molecular weight excluding hydrogens is 452 g/mol. The second-order valence-electron chi connectivity index (χ2n) is 8.71. The first kappa shape index (κ1) is 22.4. The maximum absolute atomic E-state index is 12.6. The van der Waals surface area contributed by atoms with Crippen LogP contribution in [0.3, 0.4) is 0 Å². The van der Waals surface area contributed by atoms with Gasteiger partial charge in [0, 0.05) is 22.7 Å². The Morgan fingerprint density at radius 2 is 1.97 bits per heavy atom. The summed E-state index contributed by atoms with van der Waals surface area (Å²) in [5, 5.41) is 3.49. The molecule has 9 heteroatoms. The molecule has 0 unspecified atom stereocenters. The number of rotatable bonds is 6. The molecule has 0 bridgehead atoms. The second-order valence-corrected chi connectivity index (χ2v) is 9.92. The summed E-state index contributed by atoms with van der Waals surface area (Å²) in [6, 6.07) is 11.6. The maximum Gasteiger partial charge on any atom is 0.241 e. The van der Waals surface area contributed by atoms with Gasteiger partial charge in [-0.1, -0.05) is 12.1 Å². The van der Waals surface area contributed by atoms with Crippen LogP contribution in [0.5, 0.6) is 11.5 Å². The van der Waals surface area contributed by atoms with E-state index in [1.807, 2.05) is 61.2 Å². The fourth-order valence-corrected chi connectivity index (χ4v) is 5.13. The predicted octanol–water partition coefficient (Wildman–Crippen LogP) is 3.48.